The van der Waals surface area contributed by atoms with Crippen LogP contribution >= 0.6 is 23.2 Å². The van der Waals surface area contributed by atoms with Crippen molar-refractivity contribution >= 4 is 39.1 Å². The van der Waals surface area contributed by atoms with Crippen molar-refractivity contribution in [2.45, 2.75) is 30.2 Å². The second-order valence-corrected chi connectivity index (χ2v) is 8.75. The fourth-order valence-corrected chi connectivity index (χ4v) is 5.19. The molecule has 0 spiro atoms. The molecule has 1 unspecified atom stereocenters. The molecule has 1 aromatic rings. The summed E-state index contributed by atoms with van der Waals surface area (Å²) >= 11 is 11.9. The second-order valence-electron chi connectivity index (χ2n) is 6.23. The van der Waals surface area contributed by atoms with Gasteiger partial charge in [0.15, 0.2) is 0 Å². The molecule has 0 aliphatic carbocycles. The van der Waals surface area contributed by atoms with E-state index in [1.807, 2.05) is 0 Å². The van der Waals surface area contributed by atoms with E-state index in [4.69, 9.17) is 23.2 Å². The normalized spacial score (nSPS) is 18.5. The molecule has 0 radical (unpaired) electrons. The molecule has 9 heteroatoms. The number of likely N-dealkylation sites (tertiary alicyclic amines) is 1. The topological polar surface area (TPSA) is 69.7 Å². The smallest absolute Gasteiger partial charge is 0.243 e. The molecular formula is C16H23Cl2N3O3S. The number of carbonyl (C=O) groups excluding carboxylic acids is 1. The van der Waals surface area contributed by atoms with E-state index < -0.39 is 10.0 Å². The lowest BCUT2D eigenvalue weighted by Gasteiger charge is -2.26. The van der Waals surface area contributed by atoms with Crippen molar-refractivity contribution in [1.29, 1.82) is 0 Å². The SMILES string of the molecule is CN(C)C(=O)C1CCCN1CCCNS(=O)(=O)c1c(Cl)cccc1Cl. The van der Waals surface area contributed by atoms with Crippen LogP contribution in [-0.2, 0) is 14.8 Å². The third-order valence-electron chi connectivity index (χ3n) is 4.19. The molecule has 1 N–H and O–H groups in total. The molecule has 1 saturated heterocycles. The quantitative estimate of drug-likeness (QED) is 0.703. The average molecular weight is 408 g/mol. The Morgan fingerprint density at radius 3 is 2.56 bits per heavy atom. The van der Waals surface area contributed by atoms with Crippen molar-refractivity contribution in [3.05, 3.63) is 28.2 Å². The van der Waals surface area contributed by atoms with Gasteiger partial charge in [-0.05, 0) is 37.9 Å². The molecule has 2 rings (SSSR count). The van der Waals surface area contributed by atoms with Gasteiger partial charge in [-0.15, -0.1) is 0 Å². The molecule has 1 fully saturated rings. The zero-order chi connectivity index (χ0) is 18.6. The molecule has 0 aromatic heterocycles. The molecule has 0 bridgehead atoms. The maximum atomic E-state index is 12.4. The Morgan fingerprint density at radius 1 is 1.32 bits per heavy atom. The van der Waals surface area contributed by atoms with Crippen LogP contribution in [0.15, 0.2) is 23.1 Å². The number of likely N-dealkylation sites (N-methyl/N-ethyl adjacent to an activating group) is 1. The number of amides is 1. The molecule has 1 aliphatic heterocycles. The van der Waals surface area contributed by atoms with Gasteiger partial charge in [0.25, 0.3) is 0 Å². The second kappa shape index (κ2) is 8.68. The van der Waals surface area contributed by atoms with Gasteiger partial charge < -0.3 is 4.90 Å². The van der Waals surface area contributed by atoms with Gasteiger partial charge in [-0.2, -0.15) is 0 Å². The van der Waals surface area contributed by atoms with E-state index in [-0.39, 0.29) is 33.4 Å². The van der Waals surface area contributed by atoms with Crippen LogP contribution in [0.4, 0.5) is 0 Å². The van der Waals surface area contributed by atoms with Crippen molar-refractivity contribution in [2.75, 3.05) is 33.7 Å². The number of sulfonamides is 1. The zero-order valence-electron chi connectivity index (χ0n) is 14.3. The van der Waals surface area contributed by atoms with Gasteiger partial charge in [-0.25, -0.2) is 13.1 Å². The van der Waals surface area contributed by atoms with E-state index in [9.17, 15) is 13.2 Å². The Bertz CT molecular complexity index is 705. The highest BCUT2D eigenvalue weighted by Gasteiger charge is 2.31. The number of hydrogen-bond donors (Lipinski definition) is 1. The first-order valence-electron chi connectivity index (χ1n) is 8.13. The van der Waals surface area contributed by atoms with E-state index in [0.717, 1.165) is 19.4 Å². The van der Waals surface area contributed by atoms with Crippen LogP contribution in [0.25, 0.3) is 0 Å². The number of nitrogens with zero attached hydrogens (tertiary/aromatic N) is 2. The van der Waals surface area contributed by atoms with Crippen molar-refractivity contribution in [3.8, 4) is 0 Å². The first kappa shape index (κ1) is 20.5. The Morgan fingerprint density at radius 2 is 1.96 bits per heavy atom. The molecule has 1 atom stereocenters. The van der Waals surface area contributed by atoms with Crippen LogP contribution in [-0.4, -0.2) is 63.9 Å². The zero-order valence-corrected chi connectivity index (χ0v) is 16.7. The van der Waals surface area contributed by atoms with Crippen molar-refractivity contribution < 1.29 is 13.2 Å². The molecule has 1 aliphatic rings. The highest BCUT2D eigenvalue weighted by molar-refractivity contribution is 7.89. The standard InChI is InChI=1S/C16H23Cl2N3O3S/c1-20(2)16(22)14-8-4-10-21(14)11-5-9-19-25(23,24)15-12(17)6-3-7-13(15)18/h3,6-7,14,19H,4-5,8-11H2,1-2H3. The first-order chi connectivity index (χ1) is 11.7. The number of halogens is 2. The molecule has 25 heavy (non-hydrogen) atoms. The van der Waals surface area contributed by atoms with Crippen molar-refractivity contribution in [2.24, 2.45) is 0 Å². The van der Waals surface area contributed by atoms with Gasteiger partial charge >= 0.3 is 0 Å². The number of carbonyl (C=O) groups is 1. The van der Waals surface area contributed by atoms with Crippen LogP contribution in [0.3, 0.4) is 0 Å². The summed E-state index contributed by atoms with van der Waals surface area (Å²) in [5, 5.41) is 0.187. The third kappa shape index (κ3) is 5.08. The number of nitrogens with one attached hydrogen (secondary N) is 1. The summed E-state index contributed by atoms with van der Waals surface area (Å²) < 4.78 is 27.3. The average Bonchev–Trinajstić information content (AvgIpc) is 2.98. The lowest BCUT2D eigenvalue weighted by molar-refractivity contribution is -0.133. The summed E-state index contributed by atoms with van der Waals surface area (Å²) in [6.07, 6.45) is 2.42. The van der Waals surface area contributed by atoms with Gasteiger partial charge in [0.2, 0.25) is 15.9 Å². The van der Waals surface area contributed by atoms with Crippen LogP contribution in [0.1, 0.15) is 19.3 Å². The predicted octanol–water partition coefficient (Wildman–Crippen LogP) is 2.21. The van der Waals surface area contributed by atoms with Crippen molar-refractivity contribution in [1.82, 2.24) is 14.5 Å². The summed E-state index contributed by atoms with van der Waals surface area (Å²) in [6.45, 7) is 1.76. The van der Waals surface area contributed by atoms with Crippen LogP contribution in [0, 0.1) is 0 Å². The van der Waals surface area contributed by atoms with Gasteiger partial charge in [0, 0.05) is 27.2 Å². The maximum Gasteiger partial charge on any atom is 0.243 e. The molecule has 1 heterocycles. The summed E-state index contributed by atoms with van der Waals surface area (Å²) in [6, 6.07) is 4.47. The van der Waals surface area contributed by atoms with Crippen molar-refractivity contribution in [3.63, 3.8) is 0 Å². The predicted molar refractivity (Wildman–Crippen MR) is 99.6 cm³/mol. The van der Waals surface area contributed by atoms with E-state index >= 15 is 0 Å². The van der Waals surface area contributed by atoms with Crippen LogP contribution < -0.4 is 4.72 Å². The molecule has 0 saturated carbocycles. The first-order valence-corrected chi connectivity index (χ1v) is 10.4. The molecule has 1 amide bonds. The number of benzene rings is 1. The molecular weight excluding hydrogens is 385 g/mol. The van der Waals surface area contributed by atoms with Gasteiger partial charge in [0.1, 0.15) is 4.90 Å². The number of hydrogen-bond acceptors (Lipinski definition) is 4. The Hall–Kier alpha value is -0.860. The third-order valence-corrected chi connectivity index (χ3v) is 6.61. The molecule has 6 nitrogen and oxygen atoms in total. The Balaban J connectivity index is 1.89. The van der Waals surface area contributed by atoms with Crippen LogP contribution in [0.5, 0.6) is 0 Å². The monoisotopic (exact) mass is 407 g/mol. The Labute approximate surface area is 159 Å². The summed E-state index contributed by atoms with van der Waals surface area (Å²) in [4.78, 5) is 15.8. The maximum absolute atomic E-state index is 12.4. The summed E-state index contributed by atoms with van der Waals surface area (Å²) in [5.74, 6) is 0.0981. The molecule has 140 valence electrons. The summed E-state index contributed by atoms with van der Waals surface area (Å²) in [7, 11) is -0.268. The van der Waals surface area contributed by atoms with Gasteiger partial charge in [0.05, 0.1) is 16.1 Å². The van der Waals surface area contributed by atoms with E-state index in [1.54, 1.807) is 25.1 Å². The highest BCUT2D eigenvalue weighted by atomic mass is 35.5. The van der Waals surface area contributed by atoms with Gasteiger partial charge in [-0.3, -0.25) is 9.69 Å². The van der Waals surface area contributed by atoms with E-state index in [0.29, 0.717) is 13.0 Å². The fraction of sp³-hybridized carbons (Fsp3) is 0.562. The lowest BCUT2D eigenvalue weighted by Crippen LogP contribution is -2.43. The highest BCUT2D eigenvalue weighted by Crippen LogP contribution is 2.28. The minimum absolute atomic E-state index is 0.0937. The minimum atomic E-state index is -3.77. The van der Waals surface area contributed by atoms with E-state index in [1.165, 1.54) is 12.1 Å². The Kier molecular flexibility index (Phi) is 7.10. The fourth-order valence-electron chi connectivity index (χ4n) is 2.97. The summed E-state index contributed by atoms with van der Waals surface area (Å²) in [5.41, 5.74) is 0. The van der Waals surface area contributed by atoms with Crippen LogP contribution in [0.2, 0.25) is 10.0 Å². The largest absolute Gasteiger partial charge is 0.347 e. The lowest BCUT2D eigenvalue weighted by atomic mass is 10.2. The molecule has 1 aromatic carbocycles. The van der Waals surface area contributed by atoms with Gasteiger partial charge in [-0.1, -0.05) is 29.3 Å². The number of rotatable bonds is 7. The minimum Gasteiger partial charge on any atom is -0.347 e. The van der Waals surface area contributed by atoms with E-state index in [2.05, 4.69) is 9.62 Å².